The van der Waals surface area contributed by atoms with Crippen LogP contribution in [0, 0.1) is 0 Å². The number of nitrogens with zero attached hydrogens (tertiary/aromatic N) is 3. The molecule has 5 nitrogen and oxygen atoms in total. The Morgan fingerprint density at radius 3 is 3.00 bits per heavy atom. The molecule has 0 fully saturated rings. The number of carbonyl (C=O) groups is 1. The number of hydrogen-bond donors (Lipinski definition) is 1. The van der Waals surface area contributed by atoms with Gasteiger partial charge in [0.15, 0.2) is 11.3 Å². The Bertz CT molecular complexity index is 550. The third kappa shape index (κ3) is 1.74. The molecule has 2 heterocycles. The van der Waals surface area contributed by atoms with Crippen LogP contribution in [0.1, 0.15) is 29.5 Å². The van der Waals surface area contributed by atoms with Gasteiger partial charge in [0.25, 0.3) is 0 Å². The number of carboxylic acid groups (broad SMARTS) is 1. The van der Waals surface area contributed by atoms with Crippen LogP contribution in [-0.4, -0.2) is 25.7 Å². The fourth-order valence-electron chi connectivity index (χ4n) is 1.53. The maximum Gasteiger partial charge on any atom is 0.356 e. The van der Waals surface area contributed by atoms with Crippen molar-refractivity contribution >= 4 is 23.2 Å². The molecule has 0 unspecified atom stereocenters. The van der Waals surface area contributed by atoms with E-state index in [4.69, 9.17) is 16.7 Å². The minimum absolute atomic E-state index is 0.0472. The number of aromatic carboxylic acids is 1. The van der Waals surface area contributed by atoms with Gasteiger partial charge in [-0.3, -0.25) is 0 Å². The van der Waals surface area contributed by atoms with Gasteiger partial charge in [0.2, 0.25) is 0 Å². The Labute approximate surface area is 96.7 Å². The molecule has 0 aromatic carbocycles. The minimum atomic E-state index is -1.11. The number of aromatic nitrogens is 3. The van der Waals surface area contributed by atoms with E-state index in [9.17, 15) is 4.79 Å². The lowest BCUT2D eigenvalue weighted by Crippen LogP contribution is -2.08. The number of fused-ring (bicyclic) bond motifs is 1. The molecule has 0 aliphatic rings. The quantitative estimate of drug-likeness (QED) is 0.890. The number of aryl methyl sites for hydroxylation is 1. The zero-order valence-corrected chi connectivity index (χ0v) is 9.40. The van der Waals surface area contributed by atoms with E-state index in [1.165, 1.54) is 10.7 Å². The van der Waals surface area contributed by atoms with E-state index >= 15 is 0 Å². The van der Waals surface area contributed by atoms with Crippen molar-refractivity contribution in [2.24, 2.45) is 0 Å². The van der Waals surface area contributed by atoms with E-state index in [1.807, 2.05) is 6.92 Å². The van der Waals surface area contributed by atoms with Crippen LogP contribution in [0.3, 0.4) is 0 Å². The number of halogens is 1. The van der Waals surface area contributed by atoms with Gasteiger partial charge in [-0.1, -0.05) is 24.9 Å². The Morgan fingerprint density at radius 1 is 1.62 bits per heavy atom. The highest BCUT2D eigenvalue weighted by Gasteiger charge is 2.16. The van der Waals surface area contributed by atoms with Crippen LogP contribution in [0.4, 0.5) is 0 Å². The average molecular weight is 240 g/mol. The zero-order valence-electron chi connectivity index (χ0n) is 8.64. The van der Waals surface area contributed by atoms with Crippen LogP contribution in [0.15, 0.2) is 12.3 Å². The second-order valence-electron chi connectivity index (χ2n) is 3.42. The first kappa shape index (κ1) is 10.9. The SMILES string of the molecule is CCCc1cc2ncc(Cl)c(C(=O)O)n2n1. The molecule has 0 spiro atoms. The summed E-state index contributed by atoms with van der Waals surface area (Å²) in [7, 11) is 0. The molecular formula is C10H10ClN3O2. The van der Waals surface area contributed by atoms with Gasteiger partial charge in [-0.25, -0.2) is 14.3 Å². The van der Waals surface area contributed by atoms with Crippen molar-refractivity contribution < 1.29 is 9.90 Å². The third-order valence-electron chi connectivity index (χ3n) is 2.20. The number of carboxylic acids is 1. The smallest absolute Gasteiger partial charge is 0.356 e. The predicted octanol–water partition coefficient (Wildman–Crippen LogP) is 2.03. The molecule has 2 aromatic heterocycles. The summed E-state index contributed by atoms with van der Waals surface area (Å²) in [6, 6.07) is 1.77. The normalized spacial score (nSPS) is 10.9. The van der Waals surface area contributed by atoms with Crippen LogP contribution < -0.4 is 0 Å². The largest absolute Gasteiger partial charge is 0.476 e. The lowest BCUT2D eigenvalue weighted by Gasteiger charge is -2.00. The van der Waals surface area contributed by atoms with Crippen molar-refractivity contribution in [1.82, 2.24) is 14.6 Å². The first-order chi connectivity index (χ1) is 7.63. The maximum atomic E-state index is 11.0. The van der Waals surface area contributed by atoms with Gasteiger partial charge in [0.05, 0.1) is 16.9 Å². The minimum Gasteiger partial charge on any atom is -0.476 e. The Kier molecular flexibility index (Phi) is 2.78. The Balaban J connectivity index is 2.67. The molecule has 0 saturated heterocycles. The molecule has 16 heavy (non-hydrogen) atoms. The highest BCUT2D eigenvalue weighted by atomic mass is 35.5. The topological polar surface area (TPSA) is 67.5 Å². The van der Waals surface area contributed by atoms with Crippen LogP contribution in [0.2, 0.25) is 5.02 Å². The van der Waals surface area contributed by atoms with Gasteiger partial charge in [-0.2, -0.15) is 5.10 Å². The molecule has 0 saturated carbocycles. The first-order valence-corrected chi connectivity index (χ1v) is 5.27. The third-order valence-corrected chi connectivity index (χ3v) is 2.47. The predicted molar refractivity (Wildman–Crippen MR) is 59.0 cm³/mol. The van der Waals surface area contributed by atoms with E-state index < -0.39 is 5.97 Å². The van der Waals surface area contributed by atoms with Crippen molar-refractivity contribution in [3.8, 4) is 0 Å². The molecule has 0 radical (unpaired) electrons. The molecule has 0 aliphatic carbocycles. The van der Waals surface area contributed by atoms with Crippen molar-refractivity contribution in [2.75, 3.05) is 0 Å². The fraction of sp³-hybridized carbons (Fsp3) is 0.300. The standard InChI is InChI=1S/C10H10ClN3O2/c1-2-3-6-4-8-12-5-7(11)9(10(15)16)14(8)13-6/h4-5H,2-3H2,1H3,(H,15,16). The van der Waals surface area contributed by atoms with Gasteiger partial charge in [-0.15, -0.1) is 0 Å². The van der Waals surface area contributed by atoms with Crippen molar-refractivity contribution in [3.05, 3.63) is 28.7 Å². The van der Waals surface area contributed by atoms with Crippen LogP contribution >= 0.6 is 11.6 Å². The zero-order chi connectivity index (χ0) is 11.7. The lowest BCUT2D eigenvalue weighted by atomic mass is 10.2. The fourth-order valence-corrected chi connectivity index (χ4v) is 1.74. The highest BCUT2D eigenvalue weighted by molar-refractivity contribution is 6.33. The van der Waals surface area contributed by atoms with Gasteiger partial charge in [0, 0.05) is 6.07 Å². The second-order valence-corrected chi connectivity index (χ2v) is 3.82. The maximum absolute atomic E-state index is 11.0. The highest BCUT2D eigenvalue weighted by Crippen LogP contribution is 2.17. The summed E-state index contributed by atoms with van der Waals surface area (Å²) in [6.07, 6.45) is 3.07. The lowest BCUT2D eigenvalue weighted by molar-refractivity contribution is 0.0687. The van der Waals surface area contributed by atoms with E-state index in [1.54, 1.807) is 6.07 Å². The Morgan fingerprint density at radius 2 is 2.38 bits per heavy atom. The van der Waals surface area contributed by atoms with Gasteiger partial charge in [-0.05, 0) is 6.42 Å². The summed E-state index contributed by atoms with van der Waals surface area (Å²) < 4.78 is 1.27. The second kappa shape index (κ2) is 4.09. The summed E-state index contributed by atoms with van der Waals surface area (Å²) in [5, 5.41) is 13.3. The molecule has 84 valence electrons. The summed E-state index contributed by atoms with van der Waals surface area (Å²) in [6.45, 7) is 2.03. The van der Waals surface area contributed by atoms with Crippen LogP contribution in [-0.2, 0) is 6.42 Å². The molecule has 0 bridgehead atoms. The molecule has 0 amide bonds. The van der Waals surface area contributed by atoms with Gasteiger partial charge < -0.3 is 5.11 Å². The van der Waals surface area contributed by atoms with Crippen molar-refractivity contribution in [3.63, 3.8) is 0 Å². The summed E-state index contributed by atoms with van der Waals surface area (Å²) in [5.74, 6) is -1.11. The average Bonchev–Trinajstić information content (AvgIpc) is 2.59. The monoisotopic (exact) mass is 239 g/mol. The van der Waals surface area contributed by atoms with Crippen LogP contribution in [0.25, 0.3) is 5.65 Å². The molecule has 6 heteroatoms. The molecule has 2 rings (SSSR count). The number of hydrogen-bond acceptors (Lipinski definition) is 3. The van der Waals surface area contributed by atoms with E-state index in [2.05, 4.69) is 10.1 Å². The van der Waals surface area contributed by atoms with Crippen molar-refractivity contribution in [1.29, 1.82) is 0 Å². The van der Waals surface area contributed by atoms with Gasteiger partial charge >= 0.3 is 5.97 Å². The molecular weight excluding hydrogens is 230 g/mol. The summed E-state index contributed by atoms with van der Waals surface area (Å²) in [4.78, 5) is 15.1. The van der Waals surface area contributed by atoms with E-state index in [-0.39, 0.29) is 10.7 Å². The van der Waals surface area contributed by atoms with Crippen molar-refractivity contribution in [2.45, 2.75) is 19.8 Å². The summed E-state index contributed by atoms with van der Waals surface area (Å²) >= 11 is 5.78. The van der Waals surface area contributed by atoms with E-state index in [0.717, 1.165) is 18.5 Å². The Hall–Kier alpha value is -1.62. The molecule has 2 aromatic rings. The molecule has 1 N–H and O–H groups in total. The van der Waals surface area contributed by atoms with Crippen LogP contribution in [0.5, 0.6) is 0 Å². The molecule has 0 aliphatic heterocycles. The number of rotatable bonds is 3. The van der Waals surface area contributed by atoms with Gasteiger partial charge in [0.1, 0.15) is 0 Å². The molecule has 0 atom stereocenters. The van der Waals surface area contributed by atoms with E-state index in [0.29, 0.717) is 5.65 Å². The summed E-state index contributed by atoms with van der Waals surface area (Å²) in [5.41, 5.74) is 1.28. The first-order valence-electron chi connectivity index (χ1n) is 4.90.